The summed E-state index contributed by atoms with van der Waals surface area (Å²) in [5.74, 6) is 0.404. The van der Waals surface area contributed by atoms with Crippen LogP contribution in [-0.2, 0) is 14.8 Å². The highest BCUT2D eigenvalue weighted by Gasteiger charge is 2.27. The van der Waals surface area contributed by atoms with Crippen LogP contribution in [0.3, 0.4) is 0 Å². The first-order chi connectivity index (χ1) is 16.2. The van der Waals surface area contributed by atoms with Gasteiger partial charge < -0.3 is 9.30 Å². The largest absolute Gasteiger partial charge is 0.379 e. The Hall–Kier alpha value is -2.39. The van der Waals surface area contributed by atoms with E-state index in [1.165, 1.54) is 15.4 Å². The number of carbonyl (C=O) groups is 1. The molecule has 0 aliphatic carbocycles. The summed E-state index contributed by atoms with van der Waals surface area (Å²) in [6.07, 6.45) is 0. The van der Waals surface area contributed by atoms with Crippen LogP contribution in [0, 0.1) is 27.7 Å². The van der Waals surface area contributed by atoms with Gasteiger partial charge in [0.25, 0.3) is 0 Å². The molecule has 0 atom stereocenters. The molecule has 34 heavy (non-hydrogen) atoms. The molecule has 1 saturated heterocycles. The van der Waals surface area contributed by atoms with Gasteiger partial charge in [-0.05, 0) is 63.6 Å². The molecule has 0 bridgehead atoms. The summed E-state index contributed by atoms with van der Waals surface area (Å²) in [6.45, 7) is 9.47. The fourth-order valence-electron chi connectivity index (χ4n) is 4.34. The highest BCUT2D eigenvalue weighted by atomic mass is 32.2. The van der Waals surface area contributed by atoms with Crippen molar-refractivity contribution in [3.8, 4) is 5.69 Å². The van der Waals surface area contributed by atoms with Crippen molar-refractivity contribution in [2.45, 2.75) is 37.5 Å². The molecule has 3 aromatic rings. The third kappa shape index (κ3) is 5.00. The van der Waals surface area contributed by atoms with Crippen LogP contribution in [0.2, 0.25) is 0 Å². The Labute approximate surface area is 206 Å². The molecule has 1 fully saturated rings. The number of hydrogen-bond acceptors (Lipinski definition) is 5. The summed E-state index contributed by atoms with van der Waals surface area (Å²) in [4.78, 5) is 14.5. The minimum Gasteiger partial charge on any atom is -0.379 e. The SMILES string of the molecule is Cc1ccc(SCC(=O)c2cc(C)n(-c3cccc(S(=O)(=O)N4CCOCC4)c3)c2C)c(C)c1. The van der Waals surface area contributed by atoms with Gasteiger partial charge in [0.15, 0.2) is 5.78 Å². The second-order valence-electron chi connectivity index (χ2n) is 8.61. The number of carbonyl (C=O) groups excluding carboxylic acids is 1. The van der Waals surface area contributed by atoms with Gasteiger partial charge in [0.05, 0.1) is 23.9 Å². The lowest BCUT2D eigenvalue weighted by atomic mass is 10.2. The zero-order valence-electron chi connectivity index (χ0n) is 20.0. The molecule has 180 valence electrons. The quantitative estimate of drug-likeness (QED) is 0.349. The summed E-state index contributed by atoms with van der Waals surface area (Å²) >= 11 is 1.55. The van der Waals surface area contributed by atoms with Crippen LogP contribution in [0.25, 0.3) is 5.69 Å². The fraction of sp³-hybridized carbons (Fsp3) is 0.346. The van der Waals surface area contributed by atoms with Crippen molar-refractivity contribution in [1.82, 2.24) is 8.87 Å². The van der Waals surface area contributed by atoms with Crippen molar-refractivity contribution in [3.05, 3.63) is 76.6 Å². The molecule has 2 heterocycles. The zero-order valence-corrected chi connectivity index (χ0v) is 21.6. The topological polar surface area (TPSA) is 68.6 Å². The molecule has 2 aromatic carbocycles. The van der Waals surface area contributed by atoms with E-state index in [0.717, 1.165) is 22.0 Å². The monoisotopic (exact) mass is 498 g/mol. The molecule has 1 aliphatic rings. The zero-order chi connectivity index (χ0) is 24.5. The van der Waals surface area contributed by atoms with Crippen molar-refractivity contribution >= 4 is 27.6 Å². The predicted octanol–water partition coefficient (Wildman–Crippen LogP) is 4.71. The smallest absolute Gasteiger partial charge is 0.243 e. The molecule has 0 saturated carbocycles. The molecule has 1 aliphatic heterocycles. The minimum absolute atomic E-state index is 0.0569. The molecule has 0 radical (unpaired) electrons. The van der Waals surface area contributed by atoms with E-state index in [0.29, 0.717) is 37.6 Å². The van der Waals surface area contributed by atoms with Crippen molar-refractivity contribution in [1.29, 1.82) is 0 Å². The van der Waals surface area contributed by atoms with E-state index in [9.17, 15) is 13.2 Å². The lowest BCUT2D eigenvalue weighted by molar-refractivity contribution is 0.0730. The molecule has 8 heteroatoms. The Bertz CT molecular complexity index is 1320. The lowest BCUT2D eigenvalue weighted by Gasteiger charge is -2.26. The van der Waals surface area contributed by atoms with Crippen LogP contribution in [0.4, 0.5) is 0 Å². The van der Waals surface area contributed by atoms with E-state index >= 15 is 0 Å². The second kappa shape index (κ2) is 10.1. The number of morpholine rings is 1. The van der Waals surface area contributed by atoms with Gasteiger partial charge in [-0.2, -0.15) is 4.31 Å². The number of ketones is 1. The number of sulfonamides is 1. The number of Topliss-reactive ketones (excluding diaryl/α,β-unsaturated/α-hetero) is 1. The van der Waals surface area contributed by atoms with Gasteiger partial charge >= 0.3 is 0 Å². The van der Waals surface area contributed by atoms with E-state index < -0.39 is 10.0 Å². The van der Waals surface area contributed by atoms with Crippen molar-refractivity contribution in [3.63, 3.8) is 0 Å². The number of aryl methyl sites for hydroxylation is 3. The number of aromatic nitrogens is 1. The highest BCUT2D eigenvalue weighted by molar-refractivity contribution is 8.00. The number of ether oxygens (including phenoxy) is 1. The van der Waals surface area contributed by atoms with Crippen molar-refractivity contribution < 1.29 is 17.9 Å². The Morgan fingerprint density at radius 1 is 1.00 bits per heavy atom. The number of hydrogen-bond donors (Lipinski definition) is 0. The lowest BCUT2D eigenvalue weighted by Crippen LogP contribution is -2.40. The Kier molecular flexibility index (Phi) is 7.33. The van der Waals surface area contributed by atoms with Crippen LogP contribution in [0.5, 0.6) is 0 Å². The molecular weight excluding hydrogens is 468 g/mol. The molecule has 6 nitrogen and oxygen atoms in total. The van der Waals surface area contributed by atoms with Crippen molar-refractivity contribution in [2.75, 3.05) is 32.1 Å². The summed E-state index contributed by atoms with van der Waals surface area (Å²) < 4.78 is 35.0. The van der Waals surface area contributed by atoms with E-state index in [2.05, 4.69) is 32.0 Å². The first-order valence-corrected chi connectivity index (χ1v) is 13.7. The first-order valence-electron chi connectivity index (χ1n) is 11.3. The van der Waals surface area contributed by atoms with Gasteiger partial charge in [-0.1, -0.05) is 23.8 Å². The Morgan fingerprint density at radius 3 is 2.44 bits per heavy atom. The molecule has 0 unspecified atom stereocenters. The fourth-order valence-corrected chi connectivity index (χ4v) is 6.68. The van der Waals surface area contributed by atoms with Gasteiger partial charge in [-0.25, -0.2) is 8.42 Å². The maximum Gasteiger partial charge on any atom is 0.243 e. The van der Waals surface area contributed by atoms with Gasteiger partial charge in [0.1, 0.15) is 0 Å². The number of benzene rings is 2. The van der Waals surface area contributed by atoms with E-state index in [4.69, 9.17) is 4.74 Å². The second-order valence-corrected chi connectivity index (χ2v) is 11.6. The maximum absolute atomic E-state index is 13.1. The first kappa shape index (κ1) is 24.7. The van der Waals surface area contributed by atoms with Gasteiger partial charge in [0.2, 0.25) is 10.0 Å². The Morgan fingerprint density at radius 2 is 1.74 bits per heavy atom. The maximum atomic E-state index is 13.1. The predicted molar refractivity (Wildman–Crippen MR) is 136 cm³/mol. The molecule has 4 rings (SSSR count). The third-order valence-electron chi connectivity index (χ3n) is 6.10. The molecule has 1 aromatic heterocycles. The standard InChI is InChI=1S/C26H30N2O4S2/c1-18-8-9-26(19(2)14-18)33-17-25(29)24-15-20(3)28(21(24)4)22-6-5-7-23(16-22)34(30,31)27-10-12-32-13-11-27/h5-9,14-16H,10-13,17H2,1-4H3. The van der Waals surface area contributed by atoms with Gasteiger partial charge in [-0.15, -0.1) is 11.8 Å². The van der Waals surface area contributed by atoms with Crippen LogP contribution in [-0.4, -0.2) is 55.1 Å². The van der Waals surface area contributed by atoms with E-state index in [1.54, 1.807) is 30.0 Å². The Balaban J connectivity index is 1.59. The van der Waals surface area contributed by atoms with Crippen LogP contribution < -0.4 is 0 Å². The average Bonchev–Trinajstić information content (AvgIpc) is 3.12. The van der Waals surface area contributed by atoms with E-state index in [-0.39, 0.29) is 10.7 Å². The van der Waals surface area contributed by atoms with Gasteiger partial charge in [0, 0.05) is 40.6 Å². The summed E-state index contributed by atoms with van der Waals surface area (Å²) in [6, 6.07) is 15.1. The van der Waals surface area contributed by atoms with Crippen molar-refractivity contribution in [2.24, 2.45) is 0 Å². The number of thioether (sulfide) groups is 1. The summed E-state index contributed by atoms with van der Waals surface area (Å²) in [7, 11) is -3.60. The molecule has 0 N–H and O–H groups in total. The van der Waals surface area contributed by atoms with E-state index in [1.807, 2.05) is 30.5 Å². The summed E-state index contributed by atoms with van der Waals surface area (Å²) in [5.41, 5.74) is 5.46. The number of nitrogens with zero attached hydrogens (tertiary/aromatic N) is 2. The molecular formula is C26H30N2O4S2. The number of rotatable bonds is 7. The highest BCUT2D eigenvalue weighted by Crippen LogP contribution is 2.28. The van der Waals surface area contributed by atoms with Crippen LogP contribution >= 0.6 is 11.8 Å². The molecule has 0 amide bonds. The van der Waals surface area contributed by atoms with Crippen LogP contribution in [0.1, 0.15) is 32.9 Å². The summed E-state index contributed by atoms with van der Waals surface area (Å²) in [5, 5.41) is 0. The normalized spacial score (nSPS) is 14.9. The average molecular weight is 499 g/mol. The van der Waals surface area contributed by atoms with Crippen LogP contribution in [0.15, 0.2) is 58.3 Å². The third-order valence-corrected chi connectivity index (χ3v) is 9.17. The minimum atomic E-state index is -3.60. The molecule has 0 spiro atoms. The van der Waals surface area contributed by atoms with Gasteiger partial charge in [-0.3, -0.25) is 4.79 Å².